The Kier molecular flexibility index (Phi) is 2.52. The molecule has 0 saturated heterocycles. The Hall–Kier alpha value is -1.68. The maximum Gasteiger partial charge on any atom is 0.371 e. The van der Waals surface area contributed by atoms with Gasteiger partial charge in [0.15, 0.2) is 0 Å². The van der Waals surface area contributed by atoms with Crippen LogP contribution in [0.25, 0.3) is 11.0 Å². The Labute approximate surface area is 97.0 Å². The molecule has 1 aromatic carbocycles. The monoisotopic (exact) mass is 239 g/mol. The summed E-state index contributed by atoms with van der Waals surface area (Å²) in [5.41, 5.74) is 1.31. The minimum atomic E-state index is -1.08. The third kappa shape index (κ3) is 1.72. The standard InChI is InChI=1S/C11H10ClNO3/c1-13(2)8-5-9-6(3-7(8)12)4-10(16-9)11(14)15/h3-5H,1-2H3,(H,14,15). The highest BCUT2D eigenvalue weighted by atomic mass is 35.5. The summed E-state index contributed by atoms with van der Waals surface area (Å²) in [4.78, 5) is 12.6. The average molecular weight is 240 g/mol. The fraction of sp³-hybridized carbons (Fsp3) is 0.182. The van der Waals surface area contributed by atoms with E-state index < -0.39 is 5.97 Å². The number of carboxylic acids is 1. The molecule has 0 fully saturated rings. The van der Waals surface area contributed by atoms with Gasteiger partial charge >= 0.3 is 5.97 Å². The van der Waals surface area contributed by atoms with Crippen molar-refractivity contribution in [2.24, 2.45) is 0 Å². The van der Waals surface area contributed by atoms with Crippen molar-refractivity contribution in [3.8, 4) is 0 Å². The number of hydrogen-bond acceptors (Lipinski definition) is 3. The number of furan rings is 1. The van der Waals surface area contributed by atoms with Crippen molar-refractivity contribution in [3.63, 3.8) is 0 Å². The molecule has 1 N–H and O–H groups in total. The summed E-state index contributed by atoms with van der Waals surface area (Å²) >= 11 is 6.06. The van der Waals surface area contributed by atoms with Crippen LogP contribution in [0.5, 0.6) is 0 Å². The van der Waals surface area contributed by atoms with Crippen LogP contribution in [0.15, 0.2) is 22.6 Å². The van der Waals surface area contributed by atoms with Gasteiger partial charge in [-0.15, -0.1) is 0 Å². The highest BCUT2D eigenvalue weighted by Gasteiger charge is 2.13. The first-order valence-electron chi connectivity index (χ1n) is 4.63. The van der Waals surface area contributed by atoms with Crippen molar-refractivity contribution in [2.75, 3.05) is 19.0 Å². The van der Waals surface area contributed by atoms with Crippen LogP contribution in [0.3, 0.4) is 0 Å². The zero-order chi connectivity index (χ0) is 11.9. The number of anilines is 1. The summed E-state index contributed by atoms with van der Waals surface area (Å²) in [6, 6.07) is 4.88. The van der Waals surface area contributed by atoms with Crippen LogP contribution in [-0.2, 0) is 0 Å². The maximum atomic E-state index is 10.7. The van der Waals surface area contributed by atoms with Gasteiger partial charge in [-0.1, -0.05) is 11.6 Å². The molecule has 0 bridgehead atoms. The van der Waals surface area contributed by atoms with Gasteiger partial charge in [0.2, 0.25) is 5.76 Å². The number of rotatable bonds is 2. The molecule has 0 spiro atoms. The first kappa shape index (κ1) is 10.8. The summed E-state index contributed by atoms with van der Waals surface area (Å²) in [6.45, 7) is 0. The molecule has 0 saturated carbocycles. The smallest absolute Gasteiger partial charge is 0.371 e. The van der Waals surface area contributed by atoms with Gasteiger partial charge in [0, 0.05) is 25.5 Å². The molecular weight excluding hydrogens is 230 g/mol. The fourth-order valence-electron chi connectivity index (χ4n) is 1.50. The number of aromatic carboxylic acids is 1. The van der Waals surface area contributed by atoms with E-state index in [4.69, 9.17) is 21.1 Å². The van der Waals surface area contributed by atoms with E-state index in [1.165, 1.54) is 6.07 Å². The van der Waals surface area contributed by atoms with E-state index in [0.717, 1.165) is 5.69 Å². The summed E-state index contributed by atoms with van der Waals surface area (Å²) in [7, 11) is 3.71. The van der Waals surface area contributed by atoms with E-state index in [-0.39, 0.29) is 5.76 Å². The Morgan fingerprint density at radius 1 is 1.38 bits per heavy atom. The molecule has 1 heterocycles. The second-order valence-electron chi connectivity index (χ2n) is 3.65. The molecule has 0 aliphatic carbocycles. The number of carboxylic acid groups (broad SMARTS) is 1. The molecule has 0 atom stereocenters. The van der Waals surface area contributed by atoms with Crippen molar-refractivity contribution in [3.05, 3.63) is 29.0 Å². The molecule has 16 heavy (non-hydrogen) atoms. The molecule has 0 radical (unpaired) electrons. The number of halogens is 1. The van der Waals surface area contributed by atoms with Crippen molar-refractivity contribution in [2.45, 2.75) is 0 Å². The van der Waals surface area contributed by atoms with Crippen LogP contribution in [-0.4, -0.2) is 25.2 Å². The average Bonchev–Trinajstić information content (AvgIpc) is 2.58. The van der Waals surface area contributed by atoms with Crippen LogP contribution < -0.4 is 4.90 Å². The predicted octanol–water partition coefficient (Wildman–Crippen LogP) is 2.85. The summed E-state index contributed by atoms with van der Waals surface area (Å²) < 4.78 is 5.19. The van der Waals surface area contributed by atoms with Gasteiger partial charge in [0.25, 0.3) is 0 Å². The topological polar surface area (TPSA) is 53.7 Å². The Morgan fingerprint density at radius 2 is 2.06 bits per heavy atom. The van der Waals surface area contributed by atoms with Crippen LogP contribution in [0.2, 0.25) is 5.02 Å². The van der Waals surface area contributed by atoms with E-state index in [1.807, 2.05) is 19.0 Å². The lowest BCUT2D eigenvalue weighted by atomic mass is 10.2. The molecule has 1 aromatic heterocycles. The zero-order valence-corrected chi connectivity index (χ0v) is 9.58. The summed E-state index contributed by atoms with van der Waals surface area (Å²) in [5, 5.41) is 10.0. The highest BCUT2D eigenvalue weighted by Crippen LogP contribution is 2.31. The van der Waals surface area contributed by atoms with Gasteiger partial charge in [-0.25, -0.2) is 4.79 Å². The number of carbonyl (C=O) groups is 1. The van der Waals surface area contributed by atoms with Gasteiger partial charge in [-0.05, 0) is 12.1 Å². The summed E-state index contributed by atoms with van der Waals surface area (Å²) in [6.07, 6.45) is 0. The van der Waals surface area contributed by atoms with Gasteiger partial charge < -0.3 is 14.4 Å². The molecule has 0 unspecified atom stereocenters. The lowest BCUT2D eigenvalue weighted by Crippen LogP contribution is -2.08. The molecule has 84 valence electrons. The predicted molar refractivity (Wildman–Crippen MR) is 62.5 cm³/mol. The van der Waals surface area contributed by atoms with E-state index >= 15 is 0 Å². The van der Waals surface area contributed by atoms with Crippen LogP contribution in [0.1, 0.15) is 10.6 Å². The van der Waals surface area contributed by atoms with Crippen molar-refractivity contribution >= 4 is 34.2 Å². The van der Waals surface area contributed by atoms with Gasteiger partial charge in [-0.3, -0.25) is 0 Å². The van der Waals surface area contributed by atoms with Gasteiger partial charge in [-0.2, -0.15) is 0 Å². The van der Waals surface area contributed by atoms with E-state index in [9.17, 15) is 4.79 Å². The minimum Gasteiger partial charge on any atom is -0.475 e. The highest BCUT2D eigenvalue weighted by molar-refractivity contribution is 6.34. The van der Waals surface area contributed by atoms with E-state index in [2.05, 4.69) is 0 Å². The van der Waals surface area contributed by atoms with Crippen molar-refractivity contribution in [1.29, 1.82) is 0 Å². The second kappa shape index (κ2) is 3.72. The molecular formula is C11H10ClNO3. The molecule has 4 nitrogen and oxygen atoms in total. The van der Waals surface area contributed by atoms with E-state index in [1.54, 1.807) is 12.1 Å². The largest absolute Gasteiger partial charge is 0.475 e. The second-order valence-corrected chi connectivity index (χ2v) is 4.06. The normalized spacial score (nSPS) is 10.7. The first-order valence-corrected chi connectivity index (χ1v) is 5.00. The SMILES string of the molecule is CN(C)c1cc2oc(C(=O)O)cc2cc1Cl. The molecule has 2 rings (SSSR count). The maximum absolute atomic E-state index is 10.7. The van der Waals surface area contributed by atoms with Crippen molar-refractivity contribution in [1.82, 2.24) is 0 Å². The third-order valence-electron chi connectivity index (χ3n) is 2.28. The number of fused-ring (bicyclic) bond motifs is 1. The zero-order valence-electron chi connectivity index (χ0n) is 8.82. The van der Waals surface area contributed by atoms with Crippen LogP contribution in [0, 0.1) is 0 Å². The van der Waals surface area contributed by atoms with Gasteiger partial charge in [0.05, 0.1) is 10.7 Å². The lowest BCUT2D eigenvalue weighted by molar-refractivity contribution is 0.0665. The number of hydrogen-bond donors (Lipinski definition) is 1. The van der Waals surface area contributed by atoms with Crippen LogP contribution >= 0.6 is 11.6 Å². The van der Waals surface area contributed by atoms with E-state index in [0.29, 0.717) is 16.0 Å². The molecule has 0 aliphatic heterocycles. The summed E-state index contributed by atoms with van der Waals surface area (Å²) in [5.74, 6) is -1.17. The third-order valence-corrected chi connectivity index (χ3v) is 2.58. The minimum absolute atomic E-state index is 0.0815. The number of benzene rings is 1. The molecule has 2 aromatic rings. The Balaban J connectivity index is 2.65. The van der Waals surface area contributed by atoms with Gasteiger partial charge in [0.1, 0.15) is 5.58 Å². The molecule has 0 amide bonds. The quantitative estimate of drug-likeness (QED) is 0.876. The first-order chi connectivity index (χ1) is 7.49. The lowest BCUT2D eigenvalue weighted by Gasteiger charge is -2.13. The Bertz CT molecular complexity index is 560. The van der Waals surface area contributed by atoms with Crippen molar-refractivity contribution < 1.29 is 14.3 Å². The Morgan fingerprint density at radius 3 is 2.62 bits per heavy atom. The molecule has 0 aliphatic rings. The fourth-order valence-corrected chi connectivity index (χ4v) is 1.84. The van der Waals surface area contributed by atoms with Crippen LogP contribution in [0.4, 0.5) is 5.69 Å². The molecule has 5 heteroatoms. The number of nitrogens with zero attached hydrogens (tertiary/aromatic N) is 1.